The molecule has 0 saturated carbocycles. The molecule has 0 bridgehead atoms. The normalized spacial score (nSPS) is 11.7. The third-order valence-corrected chi connectivity index (χ3v) is 6.40. The number of aliphatic hydroxyl groups is 1. The Hall–Kier alpha value is -3.66. The molecular formula is C21H24N4O9S2. The van der Waals surface area contributed by atoms with Gasteiger partial charge in [0.1, 0.15) is 10.7 Å². The van der Waals surface area contributed by atoms with Gasteiger partial charge < -0.3 is 20.5 Å². The van der Waals surface area contributed by atoms with E-state index >= 15 is 0 Å². The molecular weight excluding hydrogens is 516 g/mol. The first kappa shape index (κ1) is 28.6. The first-order valence-electron chi connectivity index (χ1n) is 10.3. The SMILES string of the molecule is C/C(=C\c1ccc(C(=O)Oc2ccc(C(=N)N)cc2[N+](=O)[O-])s1)C(=O)N(CCCO)CCS(=O)(=O)O. The predicted octanol–water partition coefficient (Wildman–Crippen LogP) is 1.66. The molecule has 0 spiro atoms. The summed E-state index contributed by atoms with van der Waals surface area (Å²) in [6.07, 6.45) is 1.67. The van der Waals surface area contributed by atoms with Crippen molar-refractivity contribution in [3.8, 4) is 5.75 Å². The van der Waals surface area contributed by atoms with Crippen LogP contribution < -0.4 is 10.5 Å². The standard InChI is InChI=1S/C21H24N4O9S2/c1-13(20(27)24(7-2-9-26)8-10-36(31,32)33)11-15-4-6-18(35-15)21(28)34-17-5-3-14(19(22)23)12-16(17)25(29)30/h3-6,11-12,26H,2,7-10H2,1H3,(H3,22,23)(H,31,32,33)/b13-11+. The Balaban J connectivity index is 2.19. The zero-order chi connectivity index (χ0) is 27.0. The third kappa shape index (κ3) is 8.23. The lowest BCUT2D eigenvalue weighted by Crippen LogP contribution is -2.36. The van der Waals surface area contributed by atoms with Crippen LogP contribution in [0.4, 0.5) is 5.69 Å². The van der Waals surface area contributed by atoms with Gasteiger partial charge in [-0.1, -0.05) is 0 Å². The molecule has 2 aromatic rings. The number of nitrogen functional groups attached to an aromatic ring is 1. The maximum atomic E-state index is 12.8. The average Bonchev–Trinajstić information content (AvgIpc) is 3.26. The Morgan fingerprint density at radius 3 is 2.56 bits per heavy atom. The number of aliphatic hydroxyl groups excluding tert-OH is 1. The summed E-state index contributed by atoms with van der Waals surface area (Å²) in [7, 11) is -4.29. The van der Waals surface area contributed by atoms with Gasteiger partial charge in [0.15, 0.2) is 0 Å². The van der Waals surface area contributed by atoms with Gasteiger partial charge in [0.05, 0.1) is 10.7 Å². The highest BCUT2D eigenvalue weighted by atomic mass is 32.2. The zero-order valence-corrected chi connectivity index (χ0v) is 20.7. The number of ether oxygens (including phenoxy) is 1. The summed E-state index contributed by atoms with van der Waals surface area (Å²) in [5, 5.41) is 27.7. The zero-order valence-electron chi connectivity index (χ0n) is 19.0. The molecule has 0 unspecified atom stereocenters. The number of nitro groups is 1. The molecule has 0 aliphatic heterocycles. The second-order valence-corrected chi connectivity index (χ2v) is 10.1. The van der Waals surface area contributed by atoms with Crippen molar-refractivity contribution in [3.05, 3.63) is 61.3 Å². The van der Waals surface area contributed by atoms with Crippen LogP contribution in [0.25, 0.3) is 6.08 Å². The number of amides is 1. The van der Waals surface area contributed by atoms with Crippen molar-refractivity contribution in [1.82, 2.24) is 4.90 Å². The average molecular weight is 541 g/mol. The topological polar surface area (TPSA) is 214 Å². The summed E-state index contributed by atoms with van der Waals surface area (Å²) < 4.78 is 36.2. The van der Waals surface area contributed by atoms with E-state index in [1.807, 2.05) is 0 Å². The van der Waals surface area contributed by atoms with Gasteiger partial charge in [-0.05, 0) is 43.7 Å². The molecule has 15 heteroatoms. The molecule has 0 aliphatic carbocycles. The van der Waals surface area contributed by atoms with Crippen LogP contribution in [0.2, 0.25) is 0 Å². The van der Waals surface area contributed by atoms with E-state index < -0.39 is 38.4 Å². The summed E-state index contributed by atoms with van der Waals surface area (Å²) in [5.41, 5.74) is 5.10. The van der Waals surface area contributed by atoms with Crippen molar-refractivity contribution in [2.45, 2.75) is 13.3 Å². The van der Waals surface area contributed by atoms with E-state index in [4.69, 9.17) is 25.5 Å². The van der Waals surface area contributed by atoms with Crippen LogP contribution in [-0.2, 0) is 14.9 Å². The van der Waals surface area contributed by atoms with Crippen LogP contribution in [0.3, 0.4) is 0 Å². The number of benzene rings is 1. The fraction of sp³-hybridized carbons (Fsp3) is 0.286. The van der Waals surface area contributed by atoms with Crippen molar-refractivity contribution in [3.63, 3.8) is 0 Å². The summed E-state index contributed by atoms with van der Waals surface area (Å²) in [4.78, 5) is 37.6. The molecule has 0 radical (unpaired) electrons. The number of carbonyl (C=O) groups is 2. The quantitative estimate of drug-likeness (QED) is 0.0446. The van der Waals surface area contributed by atoms with Crippen LogP contribution in [0, 0.1) is 15.5 Å². The monoisotopic (exact) mass is 540 g/mol. The second kappa shape index (κ2) is 12.3. The fourth-order valence-corrected chi connectivity index (χ4v) is 4.27. The lowest BCUT2D eigenvalue weighted by atomic mass is 10.1. The number of carbonyl (C=O) groups excluding carboxylic acids is 2. The molecule has 1 aromatic heterocycles. The second-order valence-electron chi connectivity index (χ2n) is 7.43. The van der Waals surface area contributed by atoms with E-state index in [-0.39, 0.29) is 53.7 Å². The molecule has 36 heavy (non-hydrogen) atoms. The van der Waals surface area contributed by atoms with Crippen molar-refractivity contribution in [2.75, 3.05) is 25.4 Å². The van der Waals surface area contributed by atoms with Crippen molar-refractivity contribution >= 4 is 50.9 Å². The summed E-state index contributed by atoms with van der Waals surface area (Å²) in [6.45, 7) is 1.06. The highest BCUT2D eigenvalue weighted by Gasteiger charge is 2.22. The van der Waals surface area contributed by atoms with Crippen molar-refractivity contribution < 1.29 is 37.3 Å². The number of nitro benzene ring substituents is 1. The molecule has 0 aliphatic rings. The highest BCUT2D eigenvalue weighted by Crippen LogP contribution is 2.30. The van der Waals surface area contributed by atoms with Gasteiger partial charge >= 0.3 is 11.7 Å². The number of rotatable bonds is 12. The third-order valence-electron chi connectivity index (χ3n) is 4.69. The van der Waals surface area contributed by atoms with Crippen LogP contribution in [0.15, 0.2) is 35.9 Å². The van der Waals surface area contributed by atoms with Gasteiger partial charge in [0.2, 0.25) is 11.7 Å². The molecule has 5 N–H and O–H groups in total. The molecule has 13 nitrogen and oxygen atoms in total. The number of amidine groups is 1. The minimum absolute atomic E-state index is 0.0687. The summed E-state index contributed by atoms with van der Waals surface area (Å²) in [6, 6.07) is 6.43. The maximum absolute atomic E-state index is 12.8. The lowest BCUT2D eigenvalue weighted by molar-refractivity contribution is -0.385. The number of nitrogens with one attached hydrogen (secondary N) is 1. The van der Waals surface area contributed by atoms with E-state index in [9.17, 15) is 28.1 Å². The van der Waals surface area contributed by atoms with Crippen LogP contribution in [0.1, 0.15) is 33.5 Å². The number of nitrogens with zero attached hydrogens (tertiary/aromatic N) is 2. The summed E-state index contributed by atoms with van der Waals surface area (Å²) >= 11 is 0.954. The lowest BCUT2D eigenvalue weighted by Gasteiger charge is -2.22. The van der Waals surface area contributed by atoms with Gasteiger partial charge in [-0.25, -0.2) is 4.79 Å². The molecule has 1 aromatic carbocycles. The summed E-state index contributed by atoms with van der Waals surface area (Å²) in [5.74, 6) is -2.77. The Morgan fingerprint density at radius 2 is 1.97 bits per heavy atom. The largest absolute Gasteiger partial charge is 0.415 e. The van der Waals surface area contributed by atoms with Crippen molar-refractivity contribution in [2.24, 2.45) is 5.73 Å². The molecule has 0 saturated heterocycles. The number of esters is 1. The number of thiophene rings is 1. The molecule has 0 fully saturated rings. The molecule has 194 valence electrons. The Kier molecular flexibility index (Phi) is 9.80. The van der Waals surface area contributed by atoms with Crippen molar-refractivity contribution in [1.29, 1.82) is 5.41 Å². The highest BCUT2D eigenvalue weighted by molar-refractivity contribution is 7.85. The van der Waals surface area contributed by atoms with E-state index in [0.717, 1.165) is 23.5 Å². The smallest absolute Gasteiger partial charge is 0.353 e. The van der Waals surface area contributed by atoms with Gasteiger partial charge in [-0.3, -0.25) is 24.9 Å². The minimum atomic E-state index is -4.29. The molecule has 1 amide bonds. The molecule has 0 atom stereocenters. The van der Waals surface area contributed by atoms with Gasteiger partial charge in [-0.15, -0.1) is 11.3 Å². The maximum Gasteiger partial charge on any atom is 0.353 e. The molecule has 2 rings (SSSR count). The number of hydrogen-bond acceptors (Lipinski definition) is 10. The minimum Gasteiger partial charge on any atom is -0.415 e. The van der Waals surface area contributed by atoms with Crippen LogP contribution in [-0.4, -0.2) is 71.1 Å². The van der Waals surface area contributed by atoms with E-state index in [1.54, 1.807) is 0 Å². The first-order chi connectivity index (χ1) is 16.8. The Labute approximate surface area is 210 Å². The van der Waals surface area contributed by atoms with E-state index in [2.05, 4.69) is 0 Å². The van der Waals surface area contributed by atoms with E-state index in [1.165, 1.54) is 36.1 Å². The van der Waals surface area contributed by atoms with Crippen LogP contribution >= 0.6 is 11.3 Å². The van der Waals surface area contributed by atoms with E-state index in [0.29, 0.717) is 4.88 Å². The Morgan fingerprint density at radius 1 is 1.28 bits per heavy atom. The first-order valence-corrected chi connectivity index (χ1v) is 12.7. The number of nitrogens with two attached hydrogens (primary N) is 1. The van der Waals surface area contributed by atoms with Gasteiger partial charge in [-0.2, -0.15) is 8.42 Å². The van der Waals surface area contributed by atoms with Gasteiger partial charge in [0.25, 0.3) is 10.1 Å². The predicted molar refractivity (Wildman–Crippen MR) is 132 cm³/mol. The fourth-order valence-electron chi connectivity index (χ4n) is 2.93. The van der Waals surface area contributed by atoms with Gasteiger partial charge in [0, 0.05) is 41.8 Å². The number of hydrogen-bond donors (Lipinski definition) is 4. The molecule has 1 heterocycles. The Bertz CT molecular complexity index is 1300. The van der Waals surface area contributed by atoms with Crippen LogP contribution in [0.5, 0.6) is 5.75 Å².